The summed E-state index contributed by atoms with van der Waals surface area (Å²) in [5.74, 6) is -0.252. The summed E-state index contributed by atoms with van der Waals surface area (Å²) in [6, 6.07) is 8.27. The summed E-state index contributed by atoms with van der Waals surface area (Å²) in [6.45, 7) is 2.47. The standard InChI is InChI=1S/C18H24ClN3O3/c1-11(20-18(24)25)17(23)21-14-8-15-6-7-16(9-14)22(15)10-12-2-4-13(19)5-3-12/h2-5,11,14-16,20H,6-10H2,1H3,(H,21,23)(H,24,25)/t11-,14-,15+,16-/m0/s1. The van der Waals surface area contributed by atoms with E-state index in [2.05, 4.69) is 27.7 Å². The van der Waals surface area contributed by atoms with E-state index in [-0.39, 0.29) is 11.9 Å². The van der Waals surface area contributed by atoms with Gasteiger partial charge in [-0.25, -0.2) is 4.79 Å². The molecule has 2 saturated heterocycles. The second-order valence-corrected chi connectivity index (χ2v) is 7.47. The number of amides is 2. The highest BCUT2D eigenvalue weighted by molar-refractivity contribution is 6.30. The van der Waals surface area contributed by atoms with Gasteiger partial charge in [0.25, 0.3) is 0 Å². The van der Waals surface area contributed by atoms with E-state index < -0.39 is 12.1 Å². The summed E-state index contributed by atoms with van der Waals surface area (Å²) in [5.41, 5.74) is 1.25. The number of halogens is 1. The number of hydrogen-bond donors (Lipinski definition) is 3. The third-order valence-electron chi connectivity index (χ3n) is 5.24. The molecule has 0 unspecified atom stereocenters. The van der Waals surface area contributed by atoms with Crippen molar-refractivity contribution in [3.63, 3.8) is 0 Å². The van der Waals surface area contributed by atoms with Crippen LogP contribution in [0.5, 0.6) is 0 Å². The molecule has 2 heterocycles. The molecule has 0 aromatic heterocycles. The van der Waals surface area contributed by atoms with E-state index in [1.807, 2.05) is 12.1 Å². The van der Waals surface area contributed by atoms with Crippen LogP contribution < -0.4 is 10.6 Å². The maximum Gasteiger partial charge on any atom is 0.405 e. The highest BCUT2D eigenvalue weighted by Crippen LogP contribution is 2.37. The van der Waals surface area contributed by atoms with Crippen molar-refractivity contribution in [3.05, 3.63) is 34.9 Å². The lowest BCUT2D eigenvalue weighted by Crippen LogP contribution is -2.53. The molecule has 0 saturated carbocycles. The van der Waals surface area contributed by atoms with Crippen molar-refractivity contribution in [1.29, 1.82) is 0 Å². The number of benzene rings is 1. The Kier molecular flexibility index (Phi) is 5.49. The van der Waals surface area contributed by atoms with Crippen molar-refractivity contribution in [2.24, 2.45) is 0 Å². The number of carbonyl (C=O) groups is 2. The molecule has 1 aromatic rings. The van der Waals surface area contributed by atoms with Gasteiger partial charge in [0.05, 0.1) is 0 Å². The second-order valence-electron chi connectivity index (χ2n) is 7.03. The molecule has 2 fully saturated rings. The molecule has 2 aliphatic rings. The lowest BCUT2D eigenvalue weighted by molar-refractivity contribution is -0.123. The Balaban J connectivity index is 1.55. The van der Waals surface area contributed by atoms with Gasteiger partial charge in [-0.05, 0) is 50.3 Å². The fraction of sp³-hybridized carbons (Fsp3) is 0.556. The van der Waals surface area contributed by atoms with E-state index in [9.17, 15) is 9.59 Å². The Hall–Kier alpha value is -1.79. The summed E-state index contributed by atoms with van der Waals surface area (Å²) in [5, 5.41) is 14.7. The second kappa shape index (κ2) is 7.62. The van der Waals surface area contributed by atoms with Crippen LogP contribution in [0.25, 0.3) is 0 Å². The Morgan fingerprint density at radius 2 is 1.84 bits per heavy atom. The topological polar surface area (TPSA) is 81.7 Å². The predicted molar refractivity (Wildman–Crippen MR) is 95.6 cm³/mol. The monoisotopic (exact) mass is 365 g/mol. The first-order chi connectivity index (χ1) is 11.9. The molecule has 0 aliphatic carbocycles. The van der Waals surface area contributed by atoms with Gasteiger partial charge in [0.1, 0.15) is 6.04 Å². The number of carbonyl (C=O) groups excluding carboxylic acids is 1. The van der Waals surface area contributed by atoms with E-state index in [0.717, 1.165) is 37.3 Å². The van der Waals surface area contributed by atoms with E-state index in [1.165, 1.54) is 5.56 Å². The average Bonchev–Trinajstić information content (AvgIpc) is 2.78. The normalized spacial score (nSPS) is 26.9. The maximum absolute atomic E-state index is 12.1. The van der Waals surface area contributed by atoms with Crippen molar-refractivity contribution in [2.75, 3.05) is 0 Å². The highest BCUT2D eigenvalue weighted by atomic mass is 35.5. The van der Waals surface area contributed by atoms with Gasteiger partial charge in [0, 0.05) is 29.7 Å². The first-order valence-electron chi connectivity index (χ1n) is 8.72. The summed E-state index contributed by atoms with van der Waals surface area (Å²) in [6.07, 6.45) is 2.94. The first-order valence-corrected chi connectivity index (χ1v) is 9.10. The minimum atomic E-state index is -1.18. The molecule has 0 spiro atoms. The predicted octanol–water partition coefficient (Wildman–Crippen LogP) is 2.61. The fourth-order valence-electron chi connectivity index (χ4n) is 4.03. The van der Waals surface area contributed by atoms with Crippen molar-refractivity contribution >= 4 is 23.6 Å². The van der Waals surface area contributed by atoms with Gasteiger partial charge in [-0.3, -0.25) is 9.69 Å². The fourth-order valence-corrected chi connectivity index (χ4v) is 4.15. The van der Waals surface area contributed by atoms with Gasteiger partial charge in [0.2, 0.25) is 5.91 Å². The highest BCUT2D eigenvalue weighted by Gasteiger charge is 2.41. The van der Waals surface area contributed by atoms with Crippen LogP contribution in [-0.2, 0) is 11.3 Å². The Morgan fingerprint density at radius 1 is 1.24 bits per heavy atom. The zero-order valence-electron chi connectivity index (χ0n) is 14.2. The molecule has 136 valence electrons. The zero-order valence-corrected chi connectivity index (χ0v) is 15.0. The van der Waals surface area contributed by atoms with Crippen LogP contribution in [0.3, 0.4) is 0 Å². The zero-order chi connectivity index (χ0) is 18.0. The molecule has 3 N–H and O–H groups in total. The lowest BCUT2D eigenvalue weighted by Gasteiger charge is -2.39. The molecular weight excluding hydrogens is 342 g/mol. The summed E-state index contributed by atoms with van der Waals surface area (Å²) in [7, 11) is 0. The van der Waals surface area contributed by atoms with Crippen LogP contribution >= 0.6 is 11.6 Å². The van der Waals surface area contributed by atoms with Crippen molar-refractivity contribution in [3.8, 4) is 0 Å². The number of nitrogens with one attached hydrogen (secondary N) is 2. The maximum atomic E-state index is 12.1. The van der Waals surface area contributed by atoms with Crippen molar-refractivity contribution < 1.29 is 14.7 Å². The largest absolute Gasteiger partial charge is 0.465 e. The van der Waals surface area contributed by atoms with Gasteiger partial charge < -0.3 is 15.7 Å². The minimum Gasteiger partial charge on any atom is -0.465 e. The summed E-state index contributed by atoms with van der Waals surface area (Å²) < 4.78 is 0. The molecule has 4 atom stereocenters. The van der Waals surface area contributed by atoms with E-state index in [0.29, 0.717) is 12.1 Å². The van der Waals surface area contributed by atoms with Crippen LogP contribution in [0.4, 0.5) is 4.79 Å². The smallest absolute Gasteiger partial charge is 0.405 e. The van der Waals surface area contributed by atoms with Gasteiger partial charge >= 0.3 is 6.09 Å². The number of piperidine rings is 1. The minimum absolute atomic E-state index is 0.115. The molecular formula is C18H24ClN3O3. The van der Waals surface area contributed by atoms with E-state index in [1.54, 1.807) is 6.92 Å². The number of fused-ring (bicyclic) bond motifs is 2. The third kappa shape index (κ3) is 4.44. The van der Waals surface area contributed by atoms with Gasteiger partial charge in [0.15, 0.2) is 0 Å². The first kappa shape index (κ1) is 18.0. The molecule has 6 nitrogen and oxygen atoms in total. The number of carboxylic acid groups (broad SMARTS) is 1. The van der Waals surface area contributed by atoms with E-state index >= 15 is 0 Å². The molecule has 1 aromatic carbocycles. The molecule has 2 amide bonds. The van der Waals surface area contributed by atoms with Gasteiger partial charge in [-0.1, -0.05) is 23.7 Å². The van der Waals surface area contributed by atoms with Crippen molar-refractivity contribution in [1.82, 2.24) is 15.5 Å². The van der Waals surface area contributed by atoms with E-state index in [4.69, 9.17) is 16.7 Å². The lowest BCUT2D eigenvalue weighted by atomic mass is 9.96. The molecule has 2 aliphatic heterocycles. The van der Waals surface area contributed by atoms with Gasteiger partial charge in [-0.15, -0.1) is 0 Å². The number of nitrogens with zero attached hydrogens (tertiary/aromatic N) is 1. The summed E-state index contributed by atoms with van der Waals surface area (Å²) in [4.78, 5) is 25.3. The Morgan fingerprint density at radius 3 is 2.40 bits per heavy atom. The number of hydrogen-bond acceptors (Lipinski definition) is 3. The number of rotatable bonds is 5. The Bertz CT molecular complexity index is 623. The molecule has 3 rings (SSSR count). The van der Waals surface area contributed by atoms with Gasteiger partial charge in [-0.2, -0.15) is 0 Å². The van der Waals surface area contributed by atoms with Crippen LogP contribution in [-0.4, -0.2) is 46.2 Å². The van der Waals surface area contributed by atoms with Crippen LogP contribution in [0, 0.1) is 0 Å². The quantitative estimate of drug-likeness (QED) is 0.749. The molecule has 7 heteroatoms. The van der Waals surface area contributed by atoms with Crippen LogP contribution in [0.15, 0.2) is 24.3 Å². The van der Waals surface area contributed by atoms with Crippen LogP contribution in [0.2, 0.25) is 5.02 Å². The average molecular weight is 366 g/mol. The molecule has 25 heavy (non-hydrogen) atoms. The molecule has 0 radical (unpaired) electrons. The van der Waals surface area contributed by atoms with Crippen LogP contribution in [0.1, 0.15) is 38.2 Å². The Labute approximate surface area is 152 Å². The third-order valence-corrected chi connectivity index (χ3v) is 5.49. The molecule has 2 bridgehead atoms. The van der Waals surface area contributed by atoms with Crippen molar-refractivity contribution in [2.45, 2.75) is 63.3 Å². The summed E-state index contributed by atoms with van der Waals surface area (Å²) >= 11 is 5.95. The SMILES string of the molecule is C[C@H](NC(=O)O)C(=O)N[C@H]1C[C@H]2CC[C@@H](C1)N2Cc1ccc(Cl)cc1.